The summed E-state index contributed by atoms with van der Waals surface area (Å²) in [5.41, 5.74) is 0.698. The minimum atomic E-state index is 0.259. The van der Waals surface area contributed by atoms with Crippen LogP contribution in [0, 0.1) is 11.3 Å². The number of para-hydroxylation sites is 1. The highest BCUT2D eigenvalue weighted by atomic mass is 16.5. The second-order valence-electron chi connectivity index (χ2n) is 4.47. The topological polar surface area (TPSA) is 58.2 Å². The van der Waals surface area contributed by atoms with Crippen LogP contribution in [0.4, 0.5) is 0 Å². The highest BCUT2D eigenvalue weighted by Gasteiger charge is 2.19. The molecule has 1 saturated heterocycles. The normalized spacial score (nSPS) is 18.9. The molecular formula is C14H14N2O2. The van der Waals surface area contributed by atoms with Gasteiger partial charge in [-0.25, -0.2) is 0 Å². The maximum atomic E-state index is 9.07. The third kappa shape index (κ3) is 1.93. The molecule has 1 aliphatic rings. The Bertz CT molecular complexity index is 591. The van der Waals surface area contributed by atoms with Crippen LogP contribution in [-0.4, -0.2) is 19.2 Å². The van der Waals surface area contributed by atoms with E-state index >= 15 is 0 Å². The summed E-state index contributed by atoms with van der Waals surface area (Å²) < 4.78 is 11.2. The molecule has 1 fully saturated rings. The number of fused-ring (bicyclic) bond motifs is 1. The quantitative estimate of drug-likeness (QED) is 0.898. The van der Waals surface area contributed by atoms with Crippen LogP contribution in [0.3, 0.4) is 0 Å². The van der Waals surface area contributed by atoms with Gasteiger partial charge in [0.1, 0.15) is 18.3 Å². The molecule has 1 aliphatic heterocycles. The third-order valence-electron chi connectivity index (χ3n) is 3.24. The minimum Gasteiger partial charge on any atom is -0.487 e. The molecule has 2 heterocycles. The maximum absolute atomic E-state index is 9.07. The summed E-state index contributed by atoms with van der Waals surface area (Å²) >= 11 is 0. The second-order valence-corrected chi connectivity index (χ2v) is 4.47. The van der Waals surface area contributed by atoms with Crippen LogP contribution in [0.2, 0.25) is 0 Å². The number of hydrogen-bond acceptors (Lipinski definition) is 4. The Morgan fingerprint density at radius 1 is 1.44 bits per heavy atom. The fourth-order valence-corrected chi connectivity index (χ4v) is 2.32. The van der Waals surface area contributed by atoms with E-state index in [2.05, 4.69) is 5.32 Å². The van der Waals surface area contributed by atoms with E-state index in [1.807, 2.05) is 30.3 Å². The molecule has 1 unspecified atom stereocenters. The van der Waals surface area contributed by atoms with Gasteiger partial charge in [0.05, 0.1) is 5.39 Å². The van der Waals surface area contributed by atoms with Gasteiger partial charge in [0.25, 0.3) is 0 Å². The molecule has 3 rings (SSSR count). The molecule has 1 atom stereocenters. The molecule has 92 valence electrons. The Hall–Kier alpha value is -1.99. The van der Waals surface area contributed by atoms with Crippen molar-refractivity contribution in [1.29, 1.82) is 5.26 Å². The predicted octanol–water partition coefficient (Wildman–Crippen LogP) is 2.44. The summed E-state index contributed by atoms with van der Waals surface area (Å²) in [6.07, 6.45) is 2.31. The summed E-state index contributed by atoms with van der Waals surface area (Å²) in [7, 11) is 0. The summed E-state index contributed by atoms with van der Waals surface area (Å²) in [5.74, 6) is 0.830. The monoisotopic (exact) mass is 242 g/mol. The van der Waals surface area contributed by atoms with E-state index in [0.29, 0.717) is 24.0 Å². The van der Waals surface area contributed by atoms with Gasteiger partial charge in [0.2, 0.25) is 5.76 Å². The average molecular weight is 242 g/mol. The fraction of sp³-hybridized carbons (Fsp3) is 0.357. The van der Waals surface area contributed by atoms with Gasteiger partial charge in [-0.2, -0.15) is 5.26 Å². The predicted molar refractivity (Wildman–Crippen MR) is 67.4 cm³/mol. The lowest BCUT2D eigenvalue weighted by Gasteiger charge is -2.11. The number of ether oxygens (including phenoxy) is 1. The van der Waals surface area contributed by atoms with E-state index < -0.39 is 0 Å². The lowest BCUT2D eigenvalue weighted by atomic mass is 10.2. The Kier molecular flexibility index (Phi) is 2.91. The molecule has 18 heavy (non-hydrogen) atoms. The van der Waals surface area contributed by atoms with Crippen molar-refractivity contribution in [3.63, 3.8) is 0 Å². The van der Waals surface area contributed by atoms with Gasteiger partial charge in [-0.1, -0.05) is 12.1 Å². The van der Waals surface area contributed by atoms with E-state index in [1.165, 1.54) is 6.42 Å². The fourth-order valence-electron chi connectivity index (χ4n) is 2.32. The van der Waals surface area contributed by atoms with Crippen molar-refractivity contribution in [2.45, 2.75) is 18.9 Å². The highest BCUT2D eigenvalue weighted by molar-refractivity contribution is 5.86. The molecule has 0 radical (unpaired) electrons. The number of hydrogen-bond donors (Lipinski definition) is 1. The zero-order chi connectivity index (χ0) is 12.4. The first-order valence-corrected chi connectivity index (χ1v) is 6.16. The lowest BCUT2D eigenvalue weighted by Crippen LogP contribution is -2.28. The molecule has 2 aromatic rings. The molecule has 1 N–H and O–H groups in total. The van der Waals surface area contributed by atoms with E-state index in [-0.39, 0.29) is 5.76 Å². The van der Waals surface area contributed by atoms with Gasteiger partial charge in [0, 0.05) is 6.04 Å². The van der Waals surface area contributed by atoms with Gasteiger partial charge in [-0.15, -0.1) is 0 Å². The van der Waals surface area contributed by atoms with Crippen molar-refractivity contribution < 1.29 is 9.15 Å². The summed E-state index contributed by atoms with van der Waals surface area (Å²) in [6, 6.07) is 9.99. The molecule has 0 spiro atoms. The van der Waals surface area contributed by atoms with Gasteiger partial charge in [-0.05, 0) is 31.5 Å². The van der Waals surface area contributed by atoms with E-state index in [9.17, 15) is 0 Å². The highest BCUT2D eigenvalue weighted by Crippen LogP contribution is 2.32. The third-order valence-corrected chi connectivity index (χ3v) is 3.24. The SMILES string of the molecule is N#Cc1oc2ccccc2c1OCC1CCCN1. The molecule has 0 aliphatic carbocycles. The van der Waals surface area contributed by atoms with Crippen LogP contribution in [0.25, 0.3) is 11.0 Å². The van der Waals surface area contributed by atoms with Gasteiger partial charge >= 0.3 is 0 Å². The second kappa shape index (κ2) is 4.71. The average Bonchev–Trinajstić information content (AvgIpc) is 3.03. The van der Waals surface area contributed by atoms with Crippen molar-refractivity contribution >= 4 is 11.0 Å². The van der Waals surface area contributed by atoms with Crippen LogP contribution in [-0.2, 0) is 0 Å². The van der Waals surface area contributed by atoms with E-state index in [1.54, 1.807) is 0 Å². The molecule has 0 amide bonds. The van der Waals surface area contributed by atoms with Crippen LogP contribution >= 0.6 is 0 Å². The number of rotatable bonds is 3. The van der Waals surface area contributed by atoms with Crippen molar-refractivity contribution in [2.75, 3.05) is 13.2 Å². The largest absolute Gasteiger partial charge is 0.487 e. The van der Waals surface area contributed by atoms with E-state index in [4.69, 9.17) is 14.4 Å². The number of nitriles is 1. The summed E-state index contributed by atoms with van der Waals surface area (Å²) in [5, 5.41) is 13.3. The zero-order valence-corrected chi connectivity index (χ0v) is 9.98. The van der Waals surface area contributed by atoms with Crippen molar-refractivity contribution in [2.24, 2.45) is 0 Å². The Morgan fingerprint density at radius 3 is 3.11 bits per heavy atom. The molecule has 1 aromatic carbocycles. The summed E-state index contributed by atoms with van der Waals surface area (Å²) in [6.45, 7) is 1.63. The Morgan fingerprint density at radius 2 is 2.33 bits per heavy atom. The van der Waals surface area contributed by atoms with Crippen molar-refractivity contribution in [3.8, 4) is 11.8 Å². The van der Waals surface area contributed by atoms with Crippen molar-refractivity contribution in [1.82, 2.24) is 5.32 Å². The van der Waals surface area contributed by atoms with E-state index in [0.717, 1.165) is 18.4 Å². The van der Waals surface area contributed by atoms with Crippen LogP contribution in [0.5, 0.6) is 5.75 Å². The van der Waals surface area contributed by atoms with Crippen LogP contribution in [0.15, 0.2) is 28.7 Å². The molecule has 4 heteroatoms. The molecule has 0 bridgehead atoms. The molecule has 0 saturated carbocycles. The molecular weight excluding hydrogens is 228 g/mol. The maximum Gasteiger partial charge on any atom is 0.246 e. The number of nitrogens with one attached hydrogen (secondary N) is 1. The standard InChI is InChI=1S/C14H14N2O2/c15-8-13-14(17-9-10-4-3-7-16-10)11-5-1-2-6-12(11)18-13/h1-2,5-6,10,16H,3-4,7,9H2. The number of benzene rings is 1. The first kappa shape index (κ1) is 11.1. The number of furan rings is 1. The van der Waals surface area contributed by atoms with Crippen molar-refractivity contribution in [3.05, 3.63) is 30.0 Å². The van der Waals surface area contributed by atoms with Gasteiger partial charge < -0.3 is 14.5 Å². The Labute approximate surface area is 105 Å². The molecule has 4 nitrogen and oxygen atoms in total. The van der Waals surface area contributed by atoms with Gasteiger partial charge in [-0.3, -0.25) is 0 Å². The van der Waals surface area contributed by atoms with Crippen LogP contribution in [0.1, 0.15) is 18.6 Å². The molecule has 1 aromatic heterocycles. The smallest absolute Gasteiger partial charge is 0.246 e. The number of nitrogens with zero attached hydrogens (tertiary/aromatic N) is 1. The lowest BCUT2D eigenvalue weighted by molar-refractivity contribution is 0.275. The zero-order valence-electron chi connectivity index (χ0n) is 9.98. The first-order valence-electron chi connectivity index (χ1n) is 6.16. The van der Waals surface area contributed by atoms with Crippen LogP contribution < -0.4 is 10.1 Å². The minimum absolute atomic E-state index is 0.259. The van der Waals surface area contributed by atoms with Gasteiger partial charge in [0.15, 0.2) is 5.75 Å². The first-order chi connectivity index (χ1) is 8.88. The Balaban J connectivity index is 1.87. The summed E-state index contributed by atoms with van der Waals surface area (Å²) in [4.78, 5) is 0.